The van der Waals surface area contributed by atoms with Crippen LogP contribution in [0, 0.1) is 5.92 Å². The van der Waals surface area contributed by atoms with E-state index in [0.29, 0.717) is 11.1 Å². The number of amides is 1. The maximum absolute atomic E-state index is 12.7. The minimum absolute atomic E-state index is 0.00127. The van der Waals surface area contributed by atoms with Crippen LogP contribution in [-0.4, -0.2) is 28.6 Å². The smallest absolute Gasteiger partial charge is 0.253 e. The highest BCUT2D eigenvalue weighted by molar-refractivity contribution is 6.15. The van der Waals surface area contributed by atoms with Crippen molar-refractivity contribution >= 4 is 27.6 Å². The molecular weight excluding hydrogens is 288 g/mol. The van der Waals surface area contributed by atoms with Gasteiger partial charge in [-0.05, 0) is 35.7 Å². The Morgan fingerprint density at radius 3 is 2.70 bits per heavy atom. The van der Waals surface area contributed by atoms with E-state index in [1.54, 1.807) is 6.20 Å². The summed E-state index contributed by atoms with van der Waals surface area (Å²) in [6, 6.07) is 13.6. The summed E-state index contributed by atoms with van der Waals surface area (Å²) in [6.45, 7) is 3.84. The molecule has 2 aromatic carbocycles. The molecule has 3 rings (SSSR count). The fraction of sp³-hybridized carbons (Fsp3) is 0.263. The molecule has 23 heavy (non-hydrogen) atoms. The largest absolute Gasteiger partial charge is 0.396 e. The molecule has 0 aliphatic carbocycles. The zero-order valence-electron chi connectivity index (χ0n) is 13.3. The Bertz CT molecular complexity index is 860. The third kappa shape index (κ3) is 2.90. The van der Waals surface area contributed by atoms with Crippen molar-refractivity contribution < 1.29 is 9.90 Å². The first kappa shape index (κ1) is 15.4. The van der Waals surface area contributed by atoms with Crippen molar-refractivity contribution in [2.45, 2.75) is 19.9 Å². The van der Waals surface area contributed by atoms with E-state index < -0.39 is 0 Å². The van der Waals surface area contributed by atoms with Crippen molar-refractivity contribution in [3.8, 4) is 0 Å². The van der Waals surface area contributed by atoms with Gasteiger partial charge >= 0.3 is 0 Å². The lowest BCUT2D eigenvalue weighted by Crippen LogP contribution is -2.38. The monoisotopic (exact) mass is 308 g/mol. The van der Waals surface area contributed by atoms with Gasteiger partial charge in [-0.15, -0.1) is 0 Å². The van der Waals surface area contributed by atoms with E-state index in [1.165, 1.54) is 0 Å². The Balaban J connectivity index is 2.10. The average Bonchev–Trinajstić information content (AvgIpc) is 2.60. The van der Waals surface area contributed by atoms with Gasteiger partial charge in [-0.3, -0.25) is 9.78 Å². The second-order valence-corrected chi connectivity index (χ2v) is 5.97. The van der Waals surface area contributed by atoms with Gasteiger partial charge in [0.25, 0.3) is 5.91 Å². The van der Waals surface area contributed by atoms with Crippen molar-refractivity contribution in [3.05, 3.63) is 54.2 Å². The third-order valence-corrected chi connectivity index (χ3v) is 4.36. The van der Waals surface area contributed by atoms with Crippen LogP contribution in [0.1, 0.15) is 24.2 Å². The molecule has 4 nitrogen and oxygen atoms in total. The standard InChI is InChI=1S/C19H20N2O2/c1-12(11-22)13(2)21-19(23)17-10-14-6-3-4-7-15(14)16-8-5-9-20-18(16)17/h3-10,12-13,22H,11H2,1-2H3,(H,21,23). The minimum atomic E-state index is -0.160. The Labute approximate surface area is 135 Å². The molecule has 0 aliphatic heterocycles. The highest BCUT2D eigenvalue weighted by atomic mass is 16.3. The van der Waals surface area contributed by atoms with Crippen LogP contribution < -0.4 is 5.32 Å². The SMILES string of the molecule is CC(CO)C(C)NC(=O)c1cc2ccccc2c2cccnc12. The number of hydrogen-bond acceptors (Lipinski definition) is 3. The zero-order valence-corrected chi connectivity index (χ0v) is 13.3. The zero-order chi connectivity index (χ0) is 16.4. The normalized spacial score (nSPS) is 13.9. The van der Waals surface area contributed by atoms with Crippen molar-refractivity contribution in [1.82, 2.24) is 10.3 Å². The van der Waals surface area contributed by atoms with E-state index in [9.17, 15) is 9.90 Å². The summed E-state index contributed by atoms with van der Waals surface area (Å²) in [6.07, 6.45) is 1.70. The fourth-order valence-corrected chi connectivity index (χ4v) is 2.69. The molecule has 2 unspecified atom stereocenters. The summed E-state index contributed by atoms with van der Waals surface area (Å²) in [5.74, 6) is -0.161. The lowest BCUT2D eigenvalue weighted by Gasteiger charge is -2.20. The van der Waals surface area contributed by atoms with Gasteiger partial charge < -0.3 is 10.4 Å². The maximum Gasteiger partial charge on any atom is 0.253 e. The number of pyridine rings is 1. The molecule has 1 amide bonds. The number of aliphatic hydroxyl groups is 1. The average molecular weight is 308 g/mol. The van der Waals surface area contributed by atoms with Crippen LogP contribution in [0.3, 0.4) is 0 Å². The van der Waals surface area contributed by atoms with Gasteiger partial charge in [-0.2, -0.15) is 0 Å². The first-order valence-electron chi connectivity index (χ1n) is 7.80. The van der Waals surface area contributed by atoms with Crippen molar-refractivity contribution in [2.24, 2.45) is 5.92 Å². The highest BCUT2D eigenvalue weighted by Gasteiger charge is 2.18. The highest BCUT2D eigenvalue weighted by Crippen LogP contribution is 2.27. The second-order valence-electron chi connectivity index (χ2n) is 5.97. The lowest BCUT2D eigenvalue weighted by atomic mass is 9.99. The lowest BCUT2D eigenvalue weighted by molar-refractivity contribution is 0.0918. The molecule has 0 aliphatic rings. The van der Waals surface area contributed by atoms with E-state index in [4.69, 9.17) is 0 Å². The number of aromatic nitrogens is 1. The van der Waals surface area contributed by atoms with Crippen LogP contribution in [-0.2, 0) is 0 Å². The molecule has 118 valence electrons. The van der Waals surface area contributed by atoms with Gasteiger partial charge in [-0.25, -0.2) is 0 Å². The molecule has 0 saturated heterocycles. The van der Waals surface area contributed by atoms with Gasteiger partial charge in [0, 0.05) is 24.2 Å². The first-order valence-corrected chi connectivity index (χ1v) is 7.80. The molecule has 2 N–H and O–H groups in total. The van der Waals surface area contributed by atoms with Crippen LogP contribution in [0.25, 0.3) is 21.7 Å². The summed E-state index contributed by atoms with van der Waals surface area (Å²) in [7, 11) is 0. The van der Waals surface area contributed by atoms with Crippen molar-refractivity contribution in [2.75, 3.05) is 6.61 Å². The predicted octanol–water partition coefficient (Wildman–Crippen LogP) is 3.13. The number of rotatable bonds is 4. The Morgan fingerprint density at radius 1 is 1.17 bits per heavy atom. The minimum Gasteiger partial charge on any atom is -0.396 e. The quantitative estimate of drug-likeness (QED) is 0.728. The molecule has 0 bridgehead atoms. The topological polar surface area (TPSA) is 62.2 Å². The number of benzene rings is 2. The summed E-state index contributed by atoms with van der Waals surface area (Å²) in [5.41, 5.74) is 1.27. The fourth-order valence-electron chi connectivity index (χ4n) is 2.69. The number of fused-ring (bicyclic) bond motifs is 3. The molecule has 4 heteroatoms. The Morgan fingerprint density at radius 2 is 1.91 bits per heavy atom. The van der Waals surface area contributed by atoms with Gasteiger partial charge in [0.2, 0.25) is 0 Å². The van der Waals surface area contributed by atoms with Gasteiger partial charge in [0.1, 0.15) is 0 Å². The van der Waals surface area contributed by atoms with Crippen molar-refractivity contribution in [1.29, 1.82) is 0 Å². The first-order chi connectivity index (χ1) is 11.1. The Hall–Kier alpha value is -2.46. The van der Waals surface area contributed by atoms with E-state index in [2.05, 4.69) is 10.3 Å². The molecule has 0 radical (unpaired) electrons. The number of aliphatic hydroxyl groups excluding tert-OH is 1. The van der Waals surface area contributed by atoms with Crippen LogP contribution in [0.4, 0.5) is 0 Å². The van der Waals surface area contributed by atoms with Crippen LogP contribution >= 0.6 is 0 Å². The summed E-state index contributed by atoms with van der Waals surface area (Å²) < 4.78 is 0. The van der Waals surface area contributed by atoms with Crippen LogP contribution in [0.5, 0.6) is 0 Å². The summed E-state index contributed by atoms with van der Waals surface area (Å²) in [4.78, 5) is 17.1. The van der Waals surface area contributed by atoms with E-state index in [0.717, 1.165) is 16.2 Å². The van der Waals surface area contributed by atoms with E-state index >= 15 is 0 Å². The van der Waals surface area contributed by atoms with E-state index in [-0.39, 0.29) is 24.5 Å². The number of hydrogen-bond donors (Lipinski definition) is 2. The second kappa shape index (κ2) is 6.34. The summed E-state index contributed by atoms with van der Waals surface area (Å²) in [5, 5.41) is 15.3. The molecule has 1 aromatic heterocycles. The molecule has 0 fully saturated rings. The number of nitrogens with zero attached hydrogens (tertiary/aromatic N) is 1. The van der Waals surface area contributed by atoms with Crippen LogP contribution in [0.15, 0.2) is 48.7 Å². The van der Waals surface area contributed by atoms with Gasteiger partial charge in [0.05, 0.1) is 11.1 Å². The number of nitrogens with one attached hydrogen (secondary N) is 1. The van der Waals surface area contributed by atoms with Gasteiger partial charge in [-0.1, -0.05) is 37.3 Å². The molecule has 3 aromatic rings. The number of carbonyl (C=O) groups excluding carboxylic acids is 1. The molecule has 0 saturated carbocycles. The van der Waals surface area contributed by atoms with E-state index in [1.807, 2.05) is 56.3 Å². The third-order valence-electron chi connectivity index (χ3n) is 4.36. The molecule has 1 heterocycles. The Kier molecular flexibility index (Phi) is 4.26. The number of carbonyl (C=O) groups is 1. The maximum atomic E-state index is 12.7. The van der Waals surface area contributed by atoms with Crippen LogP contribution in [0.2, 0.25) is 0 Å². The molecular formula is C19H20N2O2. The van der Waals surface area contributed by atoms with Crippen molar-refractivity contribution in [3.63, 3.8) is 0 Å². The summed E-state index contributed by atoms with van der Waals surface area (Å²) >= 11 is 0. The molecule has 2 atom stereocenters. The van der Waals surface area contributed by atoms with Gasteiger partial charge in [0.15, 0.2) is 0 Å². The predicted molar refractivity (Wildman–Crippen MR) is 92.4 cm³/mol. The molecule has 0 spiro atoms.